The fourth-order valence-corrected chi connectivity index (χ4v) is 5.27. The van der Waals surface area contributed by atoms with Crippen molar-refractivity contribution in [3.05, 3.63) is 29.8 Å². The molecule has 0 aromatic heterocycles. The van der Waals surface area contributed by atoms with Crippen LogP contribution < -0.4 is 5.32 Å². The summed E-state index contributed by atoms with van der Waals surface area (Å²) in [7, 11) is -3.47. The van der Waals surface area contributed by atoms with Gasteiger partial charge in [-0.15, -0.1) is 12.4 Å². The van der Waals surface area contributed by atoms with Crippen LogP contribution in [0.15, 0.2) is 29.2 Å². The van der Waals surface area contributed by atoms with E-state index in [1.54, 1.807) is 12.1 Å². The molecule has 1 aromatic carbocycles. The van der Waals surface area contributed by atoms with E-state index >= 15 is 0 Å². The lowest BCUT2D eigenvalue weighted by Gasteiger charge is -2.41. The van der Waals surface area contributed by atoms with E-state index < -0.39 is 10.0 Å². The minimum Gasteiger partial charge on any atom is -0.337 e. The summed E-state index contributed by atoms with van der Waals surface area (Å²) >= 11 is 0. The highest BCUT2D eigenvalue weighted by atomic mass is 35.5. The van der Waals surface area contributed by atoms with Gasteiger partial charge in [0.15, 0.2) is 0 Å². The fourth-order valence-electron chi connectivity index (χ4n) is 3.80. The Morgan fingerprint density at radius 1 is 1.07 bits per heavy atom. The zero-order chi connectivity index (χ0) is 18.9. The van der Waals surface area contributed by atoms with E-state index in [-0.39, 0.29) is 36.3 Å². The van der Waals surface area contributed by atoms with Crippen LogP contribution in [0.2, 0.25) is 0 Å². The molecular formula is C19H30ClN3O3S. The molecule has 1 amide bonds. The molecule has 2 fully saturated rings. The molecule has 2 unspecified atom stereocenters. The zero-order valence-electron chi connectivity index (χ0n) is 16.2. The molecule has 0 aliphatic carbocycles. The molecule has 2 heterocycles. The minimum atomic E-state index is -3.47. The van der Waals surface area contributed by atoms with E-state index in [0.29, 0.717) is 30.8 Å². The monoisotopic (exact) mass is 415 g/mol. The number of halogens is 1. The van der Waals surface area contributed by atoms with Crippen molar-refractivity contribution in [3.8, 4) is 0 Å². The van der Waals surface area contributed by atoms with E-state index in [0.717, 1.165) is 18.7 Å². The molecule has 152 valence electrons. The number of piperidine rings is 1. The van der Waals surface area contributed by atoms with Crippen LogP contribution in [0.3, 0.4) is 0 Å². The van der Waals surface area contributed by atoms with E-state index in [1.807, 2.05) is 24.0 Å². The third-order valence-corrected chi connectivity index (χ3v) is 7.69. The third-order valence-electron chi connectivity index (χ3n) is 5.78. The molecule has 6 nitrogen and oxygen atoms in total. The second-order valence-electron chi connectivity index (χ2n) is 7.51. The molecular weight excluding hydrogens is 386 g/mol. The van der Waals surface area contributed by atoms with Crippen LogP contribution in [-0.2, 0) is 14.8 Å². The lowest BCUT2D eigenvalue weighted by molar-refractivity contribution is -0.140. The number of hydrogen-bond donors (Lipinski definition) is 1. The molecule has 3 rings (SSSR count). The summed E-state index contributed by atoms with van der Waals surface area (Å²) in [6.07, 6.45) is 1.18. The number of carbonyl (C=O) groups is 1. The summed E-state index contributed by atoms with van der Waals surface area (Å²) in [5.74, 6) is 0.102. The summed E-state index contributed by atoms with van der Waals surface area (Å²) in [6, 6.07) is 7.41. The van der Waals surface area contributed by atoms with Gasteiger partial charge in [-0.25, -0.2) is 8.42 Å². The highest BCUT2D eigenvalue weighted by Gasteiger charge is 2.36. The number of benzene rings is 1. The molecule has 0 bridgehead atoms. The van der Waals surface area contributed by atoms with E-state index in [2.05, 4.69) is 19.2 Å². The predicted molar refractivity (Wildman–Crippen MR) is 109 cm³/mol. The highest BCUT2D eigenvalue weighted by Crippen LogP contribution is 2.26. The Kier molecular flexibility index (Phi) is 7.30. The minimum absolute atomic E-state index is 0. The average molecular weight is 416 g/mol. The van der Waals surface area contributed by atoms with Gasteiger partial charge in [0.2, 0.25) is 15.9 Å². The maximum Gasteiger partial charge on any atom is 0.243 e. The summed E-state index contributed by atoms with van der Waals surface area (Å²) in [4.78, 5) is 15.2. The number of carbonyl (C=O) groups excluding carboxylic acids is 1. The van der Waals surface area contributed by atoms with Crippen molar-refractivity contribution in [2.45, 2.75) is 50.6 Å². The molecule has 0 spiro atoms. The number of nitrogens with zero attached hydrogens (tertiary/aromatic N) is 2. The van der Waals surface area contributed by atoms with Crippen LogP contribution in [0, 0.1) is 12.8 Å². The first-order valence-electron chi connectivity index (χ1n) is 9.41. The second-order valence-corrected chi connectivity index (χ2v) is 9.44. The average Bonchev–Trinajstić information content (AvgIpc) is 2.64. The predicted octanol–water partition coefficient (Wildman–Crippen LogP) is 2.03. The number of hydrogen-bond acceptors (Lipinski definition) is 4. The van der Waals surface area contributed by atoms with E-state index in [1.165, 1.54) is 4.31 Å². The van der Waals surface area contributed by atoms with Gasteiger partial charge < -0.3 is 10.2 Å². The van der Waals surface area contributed by atoms with Gasteiger partial charge in [0.05, 0.1) is 4.90 Å². The van der Waals surface area contributed by atoms with Crippen LogP contribution >= 0.6 is 12.4 Å². The van der Waals surface area contributed by atoms with Gasteiger partial charge in [-0.1, -0.05) is 17.7 Å². The van der Waals surface area contributed by atoms with Gasteiger partial charge >= 0.3 is 0 Å². The van der Waals surface area contributed by atoms with Crippen molar-refractivity contribution in [2.24, 2.45) is 5.92 Å². The molecule has 27 heavy (non-hydrogen) atoms. The molecule has 2 atom stereocenters. The Morgan fingerprint density at radius 2 is 1.67 bits per heavy atom. The fraction of sp³-hybridized carbons (Fsp3) is 0.632. The van der Waals surface area contributed by atoms with Crippen molar-refractivity contribution in [1.82, 2.24) is 14.5 Å². The van der Waals surface area contributed by atoms with Crippen molar-refractivity contribution >= 4 is 28.3 Å². The molecule has 1 aromatic rings. The van der Waals surface area contributed by atoms with Crippen molar-refractivity contribution in [2.75, 3.05) is 26.2 Å². The van der Waals surface area contributed by atoms with Gasteiger partial charge in [0.25, 0.3) is 0 Å². The van der Waals surface area contributed by atoms with Crippen LogP contribution in [-0.4, -0.2) is 61.8 Å². The molecule has 0 radical (unpaired) electrons. The number of amides is 1. The standard InChI is InChI=1S/C19H29N3O3S.ClH/c1-14-4-6-18(7-5-14)26(24,25)21-11-8-17(9-12-21)19(23)22-13-10-20-15(2)16(22)3;/h4-7,15-17,20H,8-13H2,1-3H3;1H. The third kappa shape index (κ3) is 4.65. The summed E-state index contributed by atoms with van der Waals surface area (Å²) in [5, 5.41) is 3.39. The molecule has 2 aliphatic rings. The van der Waals surface area contributed by atoms with Crippen LogP contribution in [0.5, 0.6) is 0 Å². The zero-order valence-corrected chi connectivity index (χ0v) is 17.9. The van der Waals surface area contributed by atoms with Crippen LogP contribution in [0.1, 0.15) is 32.3 Å². The van der Waals surface area contributed by atoms with Crippen LogP contribution in [0.25, 0.3) is 0 Å². The first-order chi connectivity index (χ1) is 12.3. The normalized spacial score (nSPS) is 25.1. The highest BCUT2D eigenvalue weighted by molar-refractivity contribution is 7.89. The second kappa shape index (κ2) is 8.90. The number of rotatable bonds is 3. The Hall–Kier alpha value is -1.15. The maximum absolute atomic E-state index is 12.9. The van der Waals surface area contributed by atoms with Crippen molar-refractivity contribution in [3.63, 3.8) is 0 Å². The number of piperazine rings is 1. The summed E-state index contributed by atoms with van der Waals surface area (Å²) in [5.41, 5.74) is 1.03. The molecule has 0 saturated carbocycles. The number of aryl methyl sites for hydroxylation is 1. The van der Waals surface area contributed by atoms with E-state index in [4.69, 9.17) is 0 Å². The van der Waals surface area contributed by atoms with Gasteiger partial charge in [-0.3, -0.25) is 4.79 Å². The van der Waals surface area contributed by atoms with Gasteiger partial charge in [0, 0.05) is 44.2 Å². The molecule has 2 saturated heterocycles. The smallest absolute Gasteiger partial charge is 0.243 e. The largest absolute Gasteiger partial charge is 0.337 e. The van der Waals surface area contributed by atoms with Crippen molar-refractivity contribution in [1.29, 1.82) is 0 Å². The Balaban J connectivity index is 0.00000261. The maximum atomic E-state index is 12.9. The van der Waals surface area contributed by atoms with Crippen molar-refractivity contribution < 1.29 is 13.2 Å². The SMILES string of the molecule is Cc1ccc(S(=O)(=O)N2CCC(C(=O)N3CCNC(C)C3C)CC2)cc1.Cl. The number of sulfonamides is 1. The van der Waals surface area contributed by atoms with E-state index in [9.17, 15) is 13.2 Å². The Bertz CT molecular complexity index is 746. The lowest BCUT2D eigenvalue weighted by Crippen LogP contribution is -2.59. The Morgan fingerprint density at radius 3 is 2.26 bits per heavy atom. The first kappa shape index (κ1) is 22.1. The topological polar surface area (TPSA) is 69.7 Å². The van der Waals surface area contributed by atoms with Gasteiger partial charge in [0.1, 0.15) is 0 Å². The quantitative estimate of drug-likeness (QED) is 0.820. The van der Waals surface area contributed by atoms with Crippen LogP contribution in [0.4, 0.5) is 0 Å². The van der Waals surface area contributed by atoms with Gasteiger partial charge in [-0.2, -0.15) is 4.31 Å². The summed E-state index contributed by atoms with van der Waals surface area (Å²) < 4.78 is 27.1. The lowest BCUT2D eigenvalue weighted by atomic mass is 9.94. The number of nitrogens with one attached hydrogen (secondary N) is 1. The molecule has 8 heteroatoms. The molecule has 2 aliphatic heterocycles. The van der Waals surface area contributed by atoms with Gasteiger partial charge in [-0.05, 0) is 45.7 Å². The Labute approximate surface area is 168 Å². The first-order valence-corrected chi connectivity index (χ1v) is 10.9. The molecule has 1 N–H and O–H groups in total. The summed E-state index contributed by atoms with van der Waals surface area (Å²) in [6.45, 7) is 8.47.